The van der Waals surface area contributed by atoms with Crippen LogP contribution >= 0.6 is 0 Å². The maximum Gasteiger partial charge on any atom is 0.343 e. The van der Waals surface area contributed by atoms with Gasteiger partial charge in [-0.25, -0.2) is 4.79 Å². The van der Waals surface area contributed by atoms with Crippen LogP contribution in [0.2, 0.25) is 0 Å². The molecule has 0 aliphatic heterocycles. The summed E-state index contributed by atoms with van der Waals surface area (Å²) in [4.78, 5) is 12.8. The molecule has 0 heterocycles. The van der Waals surface area contributed by atoms with E-state index in [1.807, 2.05) is 30.3 Å². The lowest BCUT2D eigenvalue weighted by Crippen LogP contribution is -2.13. The number of hydrogen-bond donors (Lipinski definition) is 0. The minimum atomic E-state index is -0.292. The molecule has 0 atom stereocenters. The number of aryl methyl sites for hydroxylation is 1. The molecule has 0 radical (unpaired) electrons. The zero-order valence-corrected chi connectivity index (χ0v) is 21.7. The highest BCUT2D eigenvalue weighted by Gasteiger charge is 2.22. The molecule has 2 heteroatoms. The number of hydrogen-bond acceptors (Lipinski definition) is 2. The number of unbranched alkanes of at least 4 members (excludes halogenated alkanes) is 4. The van der Waals surface area contributed by atoms with Crippen molar-refractivity contribution in [1.29, 1.82) is 0 Å². The minimum Gasteiger partial charge on any atom is -0.423 e. The fourth-order valence-corrected chi connectivity index (χ4v) is 5.68. The fraction of sp³-hybridized carbons (Fsp3) is 0.485. The Hall–Kier alpha value is -2.61. The lowest BCUT2D eigenvalue weighted by molar-refractivity contribution is 0.0735. The topological polar surface area (TPSA) is 26.3 Å². The number of fused-ring (bicyclic) bond motifs is 1. The van der Waals surface area contributed by atoms with Gasteiger partial charge in [0.1, 0.15) is 5.75 Å². The lowest BCUT2D eigenvalue weighted by atomic mass is 9.77. The zero-order chi connectivity index (χ0) is 24.5. The third-order valence-corrected chi connectivity index (χ3v) is 7.82. The maximum atomic E-state index is 12.8. The summed E-state index contributed by atoms with van der Waals surface area (Å²) < 4.78 is 5.71. The van der Waals surface area contributed by atoms with Crippen LogP contribution in [0.5, 0.6) is 5.75 Å². The Morgan fingerprint density at radius 2 is 1.49 bits per heavy atom. The monoisotopic (exact) mass is 470 g/mol. The largest absolute Gasteiger partial charge is 0.423 e. The second-order valence-electron chi connectivity index (χ2n) is 10.5. The van der Waals surface area contributed by atoms with Crippen molar-refractivity contribution < 1.29 is 9.53 Å². The molecule has 0 saturated heterocycles. The van der Waals surface area contributed by atoms with E-state index in [4.69, 9.17) is 4.74 Å². The van der Waals surface area contributed by atoms with Gasteiger partial charge in [-0.3, -0.25) is 0 Å². The second kappa shape index (κ2) is 12.9. The molecule has 1 saturated carbocycles. The molecular formula is C33H42O2. The number of benzene rings is 3. The number of rotatable bonds is 11. The van der Waals surface area contributed by atoms with Gasteiger partial charge in [0.2, 0.25) is 0 Å². The van der Waals surface area contributed by atoms with Crippen molar-refractivity contribution >= 4 is 16.7 Å². The molecule has 0 unspecified atom stereocenters. The van der Waals surface area contributed by atoms with E-state index in [1.165, 1.54) is 87.1 Å². The highest BCUT2D eigenvalue weighted by atomic mass is 16.5. The number of ether oxygens (including phenoxy) is 1. The molecule has 35 heavy (non-hydrogen) atoms. The summed E-state index contributed by atoms with van der Waals surface area (Å²) in [6, 6.07) is 20.7. The lowest BCUT2D eigenvalue weighted by Gasteiger charge is -2.28. The predicted octanol–water partition coefficient (Wildman–Crippen LogP) is 9.65. The number of esters is 1. The standard InChI is InChI=1S/C33H42O2/c1-3-5-6-7-8-10-26-13-16-30-24-31(18-17-29(30)23-26)33(34)35-32-21-19-28(20-22-32)27-14-11-25(9-4-2)12-15-27/h13,16-25,27H,3-12,14-15H2,1-2H3. The number of carbonyl (C=O) groups is 1. The Kier molecular flexibility index (Phi) is 9.40. The van der Waals surface area contributed by atoms with Gasteiger partial charge in [-0.2, -0.15) is 0 Å². The average molecular weight is 471 g/mol. The molecule has 2 nitrogen and oxygen atoms in total. The molecular weight excluding hydrogens is 428 g/mol. The van der Waals surface area contributed by atoms with E-state index < -0.39 is 0 Å². The van der Waals surface area contributed by atoms with E-state index in [0.717, 1.165) is 17.7 Å². The van der Waals surface area contributed by atoms with Crippen molar-refractivity contribution in [2.45, 2.75) is 96.8 Å². The minimum absolute atomic E-state index is 0.292. The van der Waals surface area contributed by atoms with Crippen molar-refractivity contribution in [3.05, 3.63) is 77.4 Å². The molecule has 0 amide bonds. The predicted molar refractivity (Wildman–Crippen MR) is 147 cm³/mol. The zero-order valence-electron chi connectivity index (χ0n) is 21.7. The van der Waals surface area contributed by atoms with Crippen LogP contribution in [0.1, 0.15) is 112 Å². The first-order chi connectivity index (χ1) is 17.2. The first-order valence-corrected chi connectivity index (χ1v) is 14.0. The Bertz CT molecular complexity index is 1070. The van der Waals surface area contributed by atoms with Gasteiger partial charge in [-0.1, -0.05) is 88.8 Å². The van der Waals surface area contributed by atoms with E-state index >= 15 is 0 Å². The van der Waals surface area contributed by atoms with Crippen LogP contribution in [-0.2, 0) is 6.42 Å². The molecule has 1 aliphatic carbocycles. The molecule has 0 aromatic heterocycles. The van der Waals surface area contributed by atoms with E-state index in [9.17, 15) is 4.79 Å². The van der Waals surface area contributed by atoms with Crippen molar-refractivity contribution in [2.24, 2.45) is 5.92 Å². The van der Waals surface area contributed by atoms with Gasteiger partial charge in [-0.05, 0) is 96.5 Å². The third-order valence-electron chi connectivity index (χ3n) is 7.82. The van der Waals surface area contributed by atoms with Gasteiger partial charge in [-0.15, -0.1) is 0 Å². The van der Waals surface area contributed by atoms with Crippen LogP contribution in [0.3, 0.4) is 0 Å². The SMILES string of the molecule is CCCCCCCc1ccc2cc(C(=O)Oc3ccc(C4CCC(CCC)CC4)cc3)ccc2c1. The third kappa shape index (κ3) is 7.19. The Balaban J connectivity index is 1.32. The van der Waals surface area contributed by atoms with Crippen LogP contribution < -0.4 is 4.74 Å². The second-order valence-corrected chi connectivity index (χ2v) is 10.5. The van der Waals surface area contributed by atoms with Gasteiger partial charge in [0, 0.05) is 0 Å². The molecule has 0 spiro atoms. The van der Waals surface area contributed by atoms with Crippen molar-refractivity contribution in [1.82, 2.24) is 0 Å². The van der Waals surface area contributed by atoms with Gasteiger partial charge < -0.3 is 4.74 Å². The molecule has 3 aromatic rings. The van der Waals surface area contributed by atoms with Gasteiger partial charge in [0.05, 0.1) is 5.56 Å². The van der Waals surface area contributed by atoms with E-state index in [0.29, 0.717) is 17.2 Å². The highest BCUT2D eigenvalue weighted by Crippen LogP contribution is 2.37. The van der Waals surface area contributed by atoms with Crippen molar-refractivity contribution in [3.8, 4) is 5.75 Å². The normalized spacial score (nSPS) is 18.0. The highest BCUT2D eigenvalue weighted by molar-refractivity contribution is 5.96. The van der Waals surface area contributed by atoms with Crippen molar-refractivity contribution in [2.75, 3.05) is 0 Å². The molecule has 186 valence electrons. The summed E-state index contributed by atoms with van der Waals surface area (Å²) >= 11 is 0. The van der Waals surface area contributed by atoms with Crippen LogP contribution in [0.4, 0.5) is 0 Å². The van der Waals surface area contributed by atoms with E-state index in [2.05, 4.69) is 44.2 Å². The summed E-state index contributed by atoms with van der Waals surface area (Å²) in [6.07, 6.45) is 15.5. The average Bonchev–Trinajstić information content (AvgIpc) is 2.89. The summed E-state index contributed by atoms with van der Waals surface area (Å²) in [5.74, 6) is 1.90. The summed E-state index contributed by atoms with van der Waals surface area (Å²) in [5, 5.41) is 2.27. The summed E-state index contributed by atoms with van der Waals surface area (Å²) in [6.45, 7) is 4.54. The quantitative estimate of drug-likeness (QED) is 0.158. The van der Waals surface area contributed by atoms with Crippen LogP contribution in [0, 0.1) is 5.92 Å². The molecule has 1 aliphatic rings. The van der Waals surface area contributed by atoms with Crippen LogP contribution in [-0.4, -0.2) is 5.97 Å². The molecule has 4 rings (SSSR count). The van der Waals surface area contributed by atoms with Gasteiger partial charge in [0.15, 0.2) is 0 Å². The Morgan fingerprint density at radius 1 is 0.771 bits per heavy atom. The molecule has 0 N–H and O–H groups in total. The van der Waals surface area contributed by atoms with Crippen LogP contribution in [0.25, 0.3) is 10.8 Å². The van der Waals surface area contributed by atoms with E-state index in [1.54, 1.807) is 0 Å². The van der Waals surface area contributed by atoms with Crippen LogP contribution in [0.15, 0.2) is 60.7 Å². The Morgan fingerprint density at radius 3 is 2.23 bits per heavy atom. The molecule has 1 fully saturated rings. The summed E-state index contributed by atoms with van der Waals surface area (Å²) in [5.41, 5.74) is 3.36. The number of carbonyl (C=O) groups excluding carboxylic acids is 1. The van der Waals surface area contributed by atoms with Gasteiger partial charge in [0.25, 0.3) is 0 Å². The van der Waals surface area contributed by atoms with E-state index in [-0.39, 0.29) is 5.97 Å². The maximum absolute atomic E-state index is 12.8. The smallest absolute Gasteiger partial charge is 0.343 e. The first-order valence-electron chi connectivity index (χ1n) is 14.0. The Labute approximate surface area is 212 Å². The molecule has 0 bridgehead atoms. The van der Waals surface area contributed by atoms with Crippen molar-refractivity contribution in [3.63, 3.8) is 0 Å². The molecule has 3 aromatic carbocycles. The first kappa shape index (κ1) is 25.5. The van der Waals surface area contributed by atoms with Gasteiger partial charge >= 0.3 is 5.97 Å². The fourth-order valence-electron chi connectivity index (χ4n) is 5.68. The summed E-state index contributed by atoms with van der Waals surface area (Å²) in [7, 11) is 0.